The molecule has 1 N–H and O–H groups in total. The standard InChI is InChI=1S/C11H17ClN2O2S2/c1-7-3-4-9(5-7)6-13-18(15,16)10-8(2)14-11(12)17-10/h7,9,13H,3-6H2,1-2H3. The van der Waals surface area contributed by atoms with Gasteiger partial charge in [-0.1, -0.05) is 36.3 Å². The second kappa shape index (κ2) is 5.45. The Bertz CT molecular complexity index is 527. The van der Waals surface area contributed by atoms with Gasteiger partial charge in [0.2, 0.25) is 0 Å². The molecular weight excluding hydrogens is 292 g/mol. The highest BCUT2D eigenvalue weighted by Crippen LogP contribution is 2.31. The lowest BCUT2D eigenvalue weighted by atomic mass is 10.1. The van der Waals surface area contributed by atoms with E-state index < -0.39 is 10.0 Å². The molecule has 0 aromatic carbocycles. The first-order chi connectivity index (χ1) is 8.38. The number of sulfonamides is 1. The molecule has 102 valence electrons. The Labute approximate surface area is 117 Å². The van der Waals surface area contributed by atoms with Crippen molar-refractivity contribution in [1.82, 2.24) is 9.71 Å². The van der Waals surface area contributed by atoms with Crippen molar-refractivity contribution in [3.63, 3.8) is 0 Å². The van der Waals surface area contributed by atoms with E-state index in [0.717, 1.165) is 24.2 Å². The first kappa shape index (κ1) is 14.2. The van der Waals surface area contributed by atoms with Crippen molar-refractivity contribution in [1.29, 1.82) is 0 Å². The van der Waals surface area contributed by atoms with Gasteiger partial charge < -0.3 is 0 Å². The van der Waals surface area contributed by atoms with E-state index in [2.05, 4.69) is 16.6 Å². The van der Waals surface area contributed by atoms with Gasteiger partial charge in [-0.15, -0.1) is 0 Å². The van der Waals surface area contributed by atoms with Gasteiger partial charge in [0, 0.05) is 6.54 Å². The first-order valence-electron chi connectivity index (χ1n) is 6.01. The maximum atomic E-state index is 12.1. The number of hydrogen-bond acceptors (Lipinski definition) is 4. The van der Waals surface area contributed by atoms with E-state index in [-0.39, 0.29) is 8.68 Å². The number of nitrogens with one attached hydrogen (secondary N) is 1. The molecule has 2 unspecified atom stereocenters. The molecule has 2 atom stereocenters. The van der Waals surface area contributed by atoms with Gasteiger partial charge in [-0.3, -0.25) is 0 Å². The van der Waals surface area contributed by atoms with Crippen molar-refractivity contribution < 1.29 is 8.42 Å². The van der Waals surface area contributed by atoms with Gasteiger partial charge in [-0.05, 0) is 31.6 Å². The highest BCUT2D eigenvalue weighted by molar-refractivity contribution is 7.91. The number of aryl methyl sites for hydroxylation is 1. The normalized spacial score (nSPS) is 24.6. The second-order valence-corrected chi connectivity index (χ2v) is 8.52. The lowest BCUT2D eigenvalue weighted by molar-refractivity contribution is 0.499. The molecule has 1 fully saturated rings. The first-order valence-corrected chi connectivity index (χ1v) is 8.69. The van der Waals surface area contributed by atoms with Gasteiger partial charge in [0.05, 0.1) is 5.69 Å². The van der Waals surface area contributed by atoms with Crippen LogP contribution in [0.2, 0.25) is 4.47 Å². The largest absolute Gasteiger partial charge is 0.251 e. The molecule has 4 nitrogen and oxygen atoms in total. The fraction of sp³-hybridized carbons (Fsp3) is 0.727. The molecule has 1 aromatic heterocycles. The van der Waals surface area contributed by atoms with Gasteiger partial charge in [-0.25, -0.2) is 18.1 Å². The Morgan fingerprint density at radius 3 is 2.72 bits per heavy atom. The molecule has 0 aliphatic heterocycles. The maximum absolute atomic E-state index is 12.1. The van der Waals surface area contributed by atoms with Gasteiger partial charge in [0.25, 0.3) is 10.0 Å². The zero-order valence-electron chi connectivity index (χ0n) is 10.4. The summed E-state index contributed by atoms with van der Waals surface area (Å²) in [4.78, 5) is 3.93. The van der Waals surface area contributed by atoms with E-state index in [0.29, 0.717) is 24.1 Å². The average Bonchev–Trinajstić information content (AvgIpc) is 2.82. The molecule has 1 heterocycles. The summed E-state index contributed by atoms with van der Waals surface area (Å²) in [6.07, 6.45) is 3.40. The third-order valence-electron chi connectivity index (χ3n) is 3.34. The fourth-order valence-electron chi connectivity index (χ4n) is 2.40. The van der Waals surface area contributed by atoms with Crippen LogP contribution in [0.1, 0.15) is 31.9 Å². The topological polar surface area (TPSA) is 59.1 Å². The molecule has 1 saturated carbocycles. The van der Waals surface area contributed by atoms with Crippen LogP contribution in [0.3, 0.4) is 0 Å². The Kier molecular flexibility index (Phi) is 4.31. The Balaban J connectivity index is 2.02. The molecule has 0 bridgehead atoms. The SMILES string of the molecule is Cc1nc(Cl)sc1S(=O)(=O)NCC1CCC(C)C1. The van der Waals surface area contributed by atoms with Crippen LogP contribution in [0.4, 0.5) is 0 Å². The number of thiazole rings is 1. The van der Waals surface area contributed by atoms with E-state index in [4.69, 9.17) is 11.6 Å². The summed E-state index contributed by atoms with van der Waals surface area (Å²) in [7, 11) is -3.45. The van der Waals surface area contributed by atoms with E-state index in [1.54, 1.807) is 6.92 Å². The molecule has 0 radical (unpaired) electrons. The van der Waals surface area contributed by atoms with Crippen LogP contribution in [0.15, 0.2) is 4.21 Å². The summed E-state index contributed by atoms with van der Waals surface area (Å²) < 4.78 is 27.4. The van der Waals surface area contributed by atoms with E-state index in [1.165, 1.54) is 6.42 Å². The molecule has 1 aliphatic carbocycles. The van der Waals surface area contributed by atoms with Crippen molar-refractivity contribution in [3.05, 3.63) is 10.2 Å². The zero-order chi connectivity index (χ0) is 13.3. The molecule has 0 amide bonds. The summed E-state index contributed by atoms with van der Waals surface area (Å²) in [6, 6.07) is 0. The van der Waals surface area contributed by atoms with Crippen molar-refractivity contribution in [2.45, 2.75) is 37.3 Å². The van der Waals surface area contributed by atoms with Crippen LogP contribution < -0.4 is 4.72 Å². The van der Waals surface area contributed by atoms with E-state index in [9.17, 15) is 8.42 Å². The minimum Gasteiger partial charge on any atom is -0.229 e. The Hall–Kier alpha value is -0.170. The molecule has 7 heteroatoms. The smallest absolute Gasteiger partial charge is 0.229 e. The Morgan fingerprint density at radius 2 is 2.22 bits per heavy atom. The van der Waals surface area contributed by atoms with Crippen molar-refractivity contribution in [2.24, 2.45) is 11.8 Å². The van der Waals surface area contributed by atoms with Gasteiger partial charge in [0.1, 0.15) is 0 Å². The lowest BCUT2D eigenvalue weighted by Gasteiger charge is -2.10. The summed E-state index contributed by atoms with van der Waals surface area (Å²) in [5.74, 6) is 1.16. The molecule has 0 spiro atoms. The number of hydrogen-bond donors (Lipinski definition) is 1. The third-order valence-corrected chi connectivity index (χ3v) is 6.63. The zero-order valence-corrected chi connectivity index (χ0v) is 12.8. The lowest BCUT2D eigenvalue weighted by Crippen LogP contribution is -2.28. The maximum Gasteiger partial charge on any atom is 0.251 e. The van der Waals surface area contributed by atoms with Gasteiger partial charge >= 0.3 is 0 Å². The number of rotatable bonds is 4. The molecule has 0 saturated heterocycles. The highest BCUT2D eigenvalue weighted by atomic mass is 35.5. The molecule has 2 rings (SSSR count). The van der Waals surface area contributed by atoms with Crippen molar-refractivity contribution >= 4 is 33.0 Å². The predicted molar refractivity (Wildman–Crippen MR) is 73.6 cm³/mol. The monoisotopic (exact) mass is 308 g/mol. The van der Waals surface area contributed by atoms with Crippen LogP contribution in [0.5, 0.6) is 0 Å². The molecule has 18 heavy (non-hydrogen) atoms. The molecule has 1 aliphatic rings. The van der Waals surface area contributed by atoms with E-state index in [1.807, 2.05) is 0 Å². The third kappa shape index (κ3) is 3.23. The van der Waals surface area contributed by atoms with Crippen molar-refractivity contribution in [3.8, 4) is 0 Å². The Morgan fingerprint density at radius 1 is 1.50 bits per heavy atom. The number of halogens is 1. The molecular formula is C11H17ClN2O2S2. The summed E-state index contributed by atoms with van der Waals surface area (Å²) in [6.45, 7) is 4.39. The van der Waals surface area contributed by atoms with Crippen LogP contribution in [0.25, 0.3) is 0 Å². The van der Waals surface area contributed by atoms with Crippen molar-refractivity contribution in [2.75, 3.05) is 6.54 Å². The average molecular weight is 309 g/mol. The summed E-state index contributed by atoms with van der Waals surface area (Å²) >= 11 is 6.74. The van der Waals surface area contributed by atoms with Crippen LogP contribution >= 0.6 is 22.9 Å². The van der Waals surface area contributed by atoms with Crippen LogP contribution in [-0.2, 0) is 10.0 Å². The van der Waals surface area contributed by atoms with E-state index >= 15 is 0 Å². The van der Waals surface area contributed by atoms with Crippen LogP contribution in [-0.4, -0.2) is 19.9 Å². The van der Waals surface area contributed by atoms with Gasteiger partial charge in [0.15, 0.2) is 8.68 Å². The molecule has 1 aromatic rings. The second-order valence-electron chi connectivity index (χ2n) is 4.98. The number of aromatic nitrogens is 1. The number of nitrogens with zero attached hydrogens (tertiary/aromatic N) is 1. The summed E-state index contributed by atoms with van der Waals surface area (Å²) in [5.41, 5.74) is 0.470. The fourth-order valence-corrected chi connectivity index (χ4v) is 5.30. The predicted octanol–water partition coefficient (Wildman–Crippen LogP) is 2.82. The minimum absolute atomic E-state index is 0.235. The summed E-state index contributed by atoms with van der Waals surface area (Å²) in [5, 5.41) is 0. The van der Waals surface area contributed by atoms with Gasteiger partial charge in [-0.2, -0.15) is 0 Å². The quantitative estimate of drug-likeness (QED) is 0.930. The minimum atomic E-state index is -3.45. The van der Waals surface area contributed by atoms with Crippen LogP contribution in [0, 0.1) is 18.8 Å². The highest BCUT2D eigenvalue weighted by Gasteiger charge is 2.25.